The summed E-state index contributed by atoms with van der Waals surface area (Å²) in [4.78, 5) is 15.9. The summed E-state index contributed by atoms with van der Waals surface area (Å²) in [6.45, 7) is 10.3. The Morgan fingerprint density at radius 1 is 1.07 bits per heavy atom. The Hall–Kier alpha value is -4.08. The van der Waals surface area contributed by atoms with E-state index in [4.69, 9.17) is 22.1 Å². The molecule has 41 heavy (non-hydrogen) atoms. The quantitative estimate of drug-likeness (QED) is 0.337. The Labute approximate surface area is 245 Å². The molecule has 0 fully saturated rings. The van der Waals surface area contributed by atoms with Crippen LogP contribution in [0.5, 0.6) is 5.75 Å². The van der Waals surface area contributed by atoms with E-state index in [1.807, 2.05) is 62.1 Å². The van der Waals surface area contributed by atoms with Crippen LogP contribution >= 0.6 is 11.6 Å². The number of ketones is 1. The number of carbonyl (C=O) groups is 1. The third-order valence-corrected chi connectivity index (χ3v) is 8.26. The molecule has 1 aliphatic heterocycles. The third kappa shape index (κ3) is 5.35. The maximum atomic E-state index is 14.0. The van der Waals surface area contributed by atoms with Gasteiger partial charge in [-0.15, -0.1) is 0 Å². The van der Waals surface area contributed by atoms with E-state index in [2.05, 4.69) is 19.9 Å². The van der Waals surface area contributed by atoms with Crippen LogP contribution in [0.15, 0.2) is 77.3 Å². The summed E-state index contributed by atoms with van der Waals surface area (Å²) in [7, 11) is 0. The molecule has 1 unspecified atom stereocenters. The number of halogens is 2. The van der Waals surface area contributed by atoms with Crippen LogP contribution < -0.4 is 15.4 Å². The van der Waals surface area contributed by atoms with Crippen molar-refractivity contribution >= 4 is 23.1 Å². The highest BCUT2D eigenvalue weighted by Gasteiger charge is 2.45. The Morgan fingerprint density at radius 2 is 1.78 bits per heavy atom. The zero-order valence-electron chi connectivity index (χ0n) is 23.9. The molecule has 2 aliphatic rings. The Bertz CT molecular complexity index is 1660. The molecular weight excluding hydrogens is 537 g/mol. The first-order valence-electron chi connectivity index (χ1n) is 13.6. The number of nitrogens with two attached hydrogens (primary N) is 1. The lowest BCUT2D eigenvalue weighted by Crippen LogP contribution is -2.42. The molecule has 0 saturated heterocycles. The molecule has 7 heteroatoms. The maximum absolute atomic E-state index is 14.0. The fourth-order valence-corrected chi connectivity index (χ4v) is 6.19. The normalized spacial score (nSPS) is 18.3. The Kier molecular flexibility index (Phi) is 7.44. The van der Waals surface area contributed by atoms with Gasteiger partial charge in [-0.25, -0.2) is 4.39 Å². The van der Waals surface area contributed by atoms with Crippen molar-refractivity contribution in [2.45, 2.75) is 60.0 Å². The average molecular weight is 570 g/mol. The highest BCUT2D eigenvalue weighted by atomic mass is 35.5. The number of benzene rings is 3. The lowest BCUT2D eigenvalue weighted by Gasteiger charge is -2.44. The van der Waals surface area contributed by atoms with E-state index in [0.717, 1.165) is 39.2 Å². The van der Waals surface area contributed by atoms with E-state index in [1.165, 1.54) is 18.2 Å². The Morgan fingerprint density at radius 3 is 2.44 bits per heavy atom. The number of allylic oxidation sites excluding steroid dienone is 3. The molecule has 3 aromatic carbocycles. The minimum atomic E-state index is -0.603. The number of aryl methyl sites for hydroxylation is 2. The molecule has 0 bridgehead atoms. The molecule has 0 spiro atoms. The molecule has 1 atom stereocenters. The van der Waals surface area contributed by atoms with Gasteiger partial charge in [-0.05, 0) is 79.6 Å². The van der Waals surface area contributed by atoms with Gasteiger partial charge in [0.05, 0.1) is 22.6 Å². The molecule has 0 saturated carbocycles. The van der Waals surface area contributed by atoms with Crippen LogP contribution in [0.2, 0.25) is 5.02 Å². The number of rotatable bonds is 5. The summed E-state index contributed by atoms with van der Waals surface area (Å²) in [5, 5.41) is 10.7. The minimum Gasteiger partial charge on any atom is -0.487 e. The zero-order chi connectivity index (χ0) is 29.6. The smallest absolute Gasteiger partial charge is 0.162 e. The van der Waals surface area contributed by atoms with Gasteiger partial charge in [-0.2, -0.15) is 5.26 Å². The standard InChI is InChI=1S/C34H33ClFN3O2/c1-19-6-9-24(10-7-19)39-28-15-34(4,5)16-29(40)32(28)31(26(17-37)33(39)38)25-13-20(2)12-22(21(25)3)18-41-30-11-8-23(36)14-27(30)35/h6-14,31H,15-16,18,38H2,1-5H3. The fraction of sp³-hybridized carbons (Fsp3) is 0.294. The average Bonchev–Trinajstić information content (AvgIpc) is 2.89. The van der Waals surface area contributed by atoms with Crippen molar-refractivity contribution in [3.05, 3.63) is 116 Å². The topological polar surface area (TPSA) is 79.3 Å². The SMILES string of the molecule is Cc1ccc(N2C(N)=C(C#N)C(c3cc(C)cc(COc4ccc(F)cc4Cl)c3C)C3=C2CC(C)(C)CC3=O)cc1. The van der Waals surface area contributed by atoms with Gasteiger partial charge in [0.2, 0.25) is 0 Å². The van der Waals surface area contributed by atoms with Crippen LogP contribution in [0.3, 0.4) is 0 Å². The second kappa shape index (κ2) is 10.7. The van der Waals surface area contributed by atoms with E-state index in [9.17, 15) is 14.4 Å². The number of anilines is 1. The second-order valence-corrected chi connectivity index (χ2v) is 12.2. The van der Waals surface area contributed by atoms with Crippen molar-refractivity contribution in [1.82, 2.24) is 0 Å². The largest absolute Gasteiger partial charge is 0.487 e. The number of nitrogens with zero attached hydrogens (tertiary/aromatic N) is 2. The van der Waals surface area contributed by atoms with Crippen molar-refractivity contribution < 1.29 is 13.9 Å². The number of carbonyl (C=O) groups excluding carboxylic acids is 1. The van der Waals surface area contributed by atoms with Crippen LogP contribution in [0.4, 0.5) is 10.1 Å². The lowest BCUT2D eigenvalue weighted by molar-refractivity contribution is -0.118. The van der Waals surface area contributed by atoms with Crippen molar-refractivity contribution in [2.75, 3.05) is 4.90 Å². The molecule has 1 aliphatic carbocycles. The summed E-state index contributed by atoms with van der Waals surface area (Å²) in [6, 6.07) is 18.4. The zero-order valence-corrected chi connectivity index (χ0v) is 24.7. The molecular formula is C34H33ClFN3O2. The van der Waals surface area contributed by atoms with Crippen LogP contribution in [-0.2, 0) is 11.4 Å². The summed E-state index contributed by atoms with van der Waals surface area (Å²) in [5.74, 6) is -0.309. The first-order chi connectivity index (χ1) is 19.4. The highest BCUT2D eigenvalue weighted by molar-refractivity contribution is 6.32. The molecule has 5 rings (SSSR count). The molecule has 0 radical (unpaired) electrons. The Balaban J connectivity index is 1.66. The molecule has 0 aromatic heterocycles. The predicted molar refractivity (Wildman–Crippen MR) is 160 cm³/mol. The molecule has 3 aromatic rings. The van der Waals surface area contributed by atoms with Gasteiger partial charge < -0.3 is 10.5 Å². The summed E-state index contributed by atoms with van der Waals surface area (Å²) < 4.78 is 19.5. The van der Waals surface area contributed by atoms with Crippen LogP contribution in [0, 0.1) is 43.3 Å². The lowest BCUT2D eigenvalue weighted by atomic mass is 9.68. The highest BCUT2D eigenvalue weighted by Crippen LogP contribution is 2.51. The van der Waals surface area contributed by atoms with Gasteiger partial charge in [-0.1, -0.05) is 60.8 Å². The molecule has 5 nitrogen and oxygen atoms in total. The van der Waals surface area contributed by atoms with Crippen LogP contribution in [-0.4, -0.2) is 5.78 Å². The van der Waals surface area contributed by atoms with Crippen molar-refractivity contribution in [1.29, 1.82) is 5.26 Å². The van der Waals surface area contributed by atoms with Crippen molar-refractivity contribution in [3.63, 3.8) is 0 Å². The van der Waals surface area contributed by atoms with E-state index in [-0.39, 0.29) is 22.8 Å². The number of nitriles is 1. The molecule has 0 amide bonds. The third-order valence-electron chi connectivity index (χ3n) is 7.96. The second-order valence-electron chi connectivity index (χ2n) is 11.8. The van der Waals surface area contributed by atoms with Crippen molar-refractivity contribution in [3.8, 4) is 11.8 Å². The van der Waals surface area contributed by atoms with Gasteiger partial charge in [-0.3, -0.25) is 9.69 Å². The van der Waals surface area contributed by atoms with Gasteiger partial charge in [0, 0.05) is 23.4 Å². The summed E-state index contributed by atoms with van der Waals surface area (Å²) in [6.07, 6.45) is 1.02. The van der Waals surface area contributed by atoms with Crippen LogP contribution in [0.1, 0.15) is 60.4 Å². The van der Waals surface area contributed by atoms with Gasteiger partial charge in [0.25, 0.3) is 0 Å². The van der Waals surface area contributed by atoms with Crippen molar-refractivity contribution in [2.24, 2.45) is 11.1 Å². The monoisotopic (exact) mass is 569 g/mol. The number of hydrogen-bond acceptors (Lipinski definition) is 5. The molecule has 1 heterocycles. The van der Waals surface area contributed by atoms with E-state index in [0.29, 0.717) is 35.6 Å². The molecule has 210 valence electrons. The predicted octanol–water partition coefficient (Wildman–Crippen LogP) is 7.92. The van der Waals surface area contributed by atoms with E-state index < -0.39 is 11.7 Å². The summed E-state index contributed by atoms with van der Waals surface area (Å²) >= 11 is 6.19. The fourth-order valence-electron chi connectivity index (χ4n) is 5.97. The first-order valence-corrected chi connectivity index (χ1v) is 14.0. The van der Waals surface area contributed by atoms with Gasteiger partial charge in [0.15, 0.2) is 5.78 Å². The summed E-state index contributed by atoms with van der Waals surface area (Å²) in [5.41, 5.74) is 13.9. The van der Waals surface area contributed by atoms with Crippen LogP contribution in [0.25, 0.3) is 0 Å². The first kappa shape index (κ1) is 28.4. The van der Waals surface area contributed by atoms with E-state index >= 15 is 0 Å². The number of ether oxygens (including phenoxy) is 1. The molecule has 2 N–H and O–H groups in total. The van der Waals surface area contributed by atoms with Gasteiger partial charge >= 0.3 is 0 Å². The van der Waals surface area contributed by atoms with E-state index in [1.54, 1.807) is 0 Å². The van der Waals surface area contributed by atoms with Gasteiger partial charge in [0.1, 0.15) is 24.0 Å². The maximum Gasteiger partial charge on any atom is 0.162 e. The minimum absolute atomic E-state index is 0.0235. The number of Topliss-reactive ketones (excluding diaryl/α,β-unsaturated/α-hetero) is 1. The number of hydrogen-bond donors (Lipinski definition) is 1.